The number of nitrogens with zero attached hydrogens (tertiary/aromatic N) is 3. The summed E-state index contributed by atoms with van der Waals surface area (Å²) < 4.78 is 6.93. The quantitative estimate of drug-likeness (QED) is 0.871. The third-order valence-electron chi connectivity index (χ3n) is 4.02. The fourth-order valence-electron chi connectivity index (χ4n) is 3.05. The van der Waals surface area contributed by atoms with Gasteiger partial charge in [0, 0.05) is 17.7 Å². The topological polar surface area (TPSA) is 83.0 Å². The first-order valence-corrected chi connectivity index (χ1v) is 7.66. The highest BCUT2D eigenvalue weighted by Crippen LogP contribution is 2.34. The summed E-state index contributed by atoms with van der Waals surface area (Å²) >= 11 is 0. The minimum absolute atomic E-state index is 0.153. The third kappa shape index (κ3) is 2.50. The zero-order valence-corrected chi connectivity index (χ0v) is 12.7. The van der Waals surface area contributed by atoms with Gasteiger partial charge in [0.05, 0.1) is 12.3 Å². The number of pyridine rings is 1. The largest absolute Gasteiger partial charge is 0.461 e. The fourth-order valence-corrected chi connectivity index (χ4v) is 3.05. The van der Waals surface area contributed by atoms with Crippen molar-refractivity contribution in [2.75, 3.05) is 13.2 Å². The van der Waals surface area contributed by atoms with Crippen LogP contribution in [-0.2, 0) is 11.2 Å². The van der Waals surface area contributed by atoms with Gasteiger partial charge in [-0.05, 0) is 44.9 Å². The van der Waals surface area contributed by atoms with E-state index >= 15 is 0 Å². The van der Waals surface area contributed by atoms with Gasteiger partial charge in [0.25, 0.3) is 0 Å². The van der Waals surface area contributed by atoms with Gasteiger partial charge in [-0.25, -0.2) is 14.5 Å². The molecule has 2 heterocycles. The predicted octanol–water partition coefficient (Wildman–Crippen LogP) is 1.82. The first-order chi connectivity index (χ1) is 10.8. The highest BCUT2D eigenvalue weighted by molar-refractivity contribution is 5.89. The summed E-state index contributed by atoms with van der Waals surface area (Å²) in [6.07, 6.45) is 4.60. The normalized spacial score (nSPS) is 17.1. The lowest BCUT2D eigenvalue weighted by Gasteiger charge is -2.22. The third-order valence-corrected chi connectivity index (χ3v) is 4.02. The van der Waals surface area contributed by atoms with Crippen molar-refractivity contribution in [2.45, 2.75) is 32.1 Å². The molecule has 2 aromatic heterocycles. The van der Waals surface area contributed by atoms with Crippen molar-refractivity contribution in [2.24, 2.45) is 5.73 Å². The molecule has 2 aromatic rings. The SMILES string of the molecule is CCOC(=O)c1nn(-c2ccccn2)c2c1C(CN)CCC2. The summed E-state index contributed by atoms with van der Waals surface area (Å²) in [5, 5.41) is 4.50. The summed E-state index contributed by atoms with van der Waals surface area (Å²) in [6, 6.07) is 5.65. The number of fused-ring (bicyclic) bond motifs is 1. The summed E-state index contributed by atoms with van der Waals surface area (Å²) in [5.74, 6) is 0.487. The monoisotopic (exact) mass is 300 g/mol. The Morgan fingerprint density at radius 2 is 2.36 bits per heavy atom. The van der Waals surface area contributed by atoms with Crippen molar-refractivity contribution in [3.05, 3.63) is 41.3 Å². The van der Waals surface area contributed by atoms with Gasteiger partial charge in [0.2, 0.25) is 0 Å². The fraction of sp³-hybridized carbons (Fsp3) is 0.438. The summed E-state index contributed by atoms with van der Waals surface area (Å²) in [7, 11) is 0. The van der Waals surface area contributed by atoms with E-state index in [1.807, 2.05) is 18.2 Å². The van der Waals surface area contributed by atoms with Crippen LogP contribution in [0.5, 0.6) is 0 Å². The maximum Gasteiger partial charge on any atom is 0.359 e. The van der Waals surface area contributed by atoms with Crippen molar-refractivity contribution in [1.82, 2.24) is 14.8 Å². The molecule has 1 aliphatic rings. The lowest BCUT2D eigenvalue weighted by Crippen LogP contribution is -2.21. The summed E-state index contributed by atoms with van der Waals surface area (Å²) in [6.45, 7) is 2.63. The van der Waals surface area contributed by atoms with Gasteiger partial charge in [0.1, 0.15) is 0 Å². The number of carbonyl (C=O) groups is 1. The Kier molecular flexibility index (Phi) is 4.20. The number of aromatic nitrogens is 3. The van der Waals surface area contributed by atoms with Gasteiger partial charge >= 0.3 is 5.97 Å². The molecule has 116 valence electrons. The molecule has 0 fully saturated rings. The second-order valence-electron chi connectivity index (χ2n) is 5.35. The number of esters is 1. The molecular weight excluding hydrogens is 280 g/mol. The molecule has 1 atom stereocenters. The van der Waals surface area contributed by atoms with Crippen LogP contribution in [0.4, 0.5) is 0 Å². The summed E-state index contributed by atoms with van der Waals surface area (Å²) in [5.41, 5.74) is 8.26. The van der Waals surface area contributed by atoms with E-state index in [1.165, 1.54) is 0 Å². The molecule has 0 saturated heterocycles. The van der Waals surface area contributed by atoms with Crippen LogP contribution >= 0.6 is 0 Å². The smallest absolute Gasteiger partial charge is 0.359 e. The molecule has 0 amide bonds. The maximum atomic E-state index is 12.3. The average molecular weight is 300 g/mol. The maximum absolute atomic E-state index is 12.3. The van der Waals surface area contributed by atoms with Gasteiger partial charge in [-0.15, -0.1) is 0 Å². The molecule has 0 aromatic carbocycles. The molecular formula is C16H20N4O2. The Morgan fingerprint density at radius 1 is 1.50 bits per heavy atom. The number of hydrogen-bond acceptors (Lipinski definition) is 5. The van der Waals surface area contributed by atoms with E-state index in [2.05, 4.69) is 10.1 Å². The Morgan fingerprint density at radius 3 is 3.05 bits per heavy atom. The summed E-state index contributed by atoms with van der Waals surface area (Å²) in [4.78, 5) is 16.6. The minimum atomic E-state index is -0.381. The molecule has 22 heavy (non-hydrogen) atoms. The Labute approximate surface area is 129 Å². The van der Waals surface area contributed by atoms with E-state index < -0.39 is 0 Å². The van der Waals surface area contributed by atoms with Gasteiger partial charge < -0.3 is 10.5 Å². The van der Waals surface area contributed by atoms with Crippen LogP contribution in [0, 0.1) is 0 Å². The van der Waals surface area contributed by atoms with Crippen LogP contribution < -0.4 is 5.73 Å². The van der Waals surface area contributed by atoms with Gasteiger partial charge in [-0.1, -0.05) is 6.07 Å². The molecule has 3 rings (SSSR count). The van der Waals surface area contributed by atoms with Crippen LogP contribution in [0.15, 0.2) is 24.4 Å². The average Bonchev–Trinajstić information content (AvgIpc) is 2.95. The number of hydrogen-bond donors (Lipinski definition) is 1. The lowest BCUT2D eigenvalue weighted by atomic mass is 9.85. The van der Waals surface area contributed by atoms with Gasteiger partial charge in [-0.2, -0.15) is 5.10 Å². The molecule has 6 nitrogen and oxygen atoms in total. The van der Waals surface area contributed by atoms with E-state index in [-0.39, 0.29) is 11.9 Å². The Balaban J connectivity index is 2.15. The minimum Gasteiger partial charge on any atom is -0.461 e. The molecule has 1 unspecified atom stereocenters. The van der Waals surface area contributed by atoms with Crippen molar-refractivity contribution >= 4 is 5.97 Å². The first kappa shape index (κ1) is 14.7. The molecule has 0 saturated carbocycles. The molecule has 2 N–H and O–H groups in total. The molecule has 0 aliphatic heterocycles. The van der Waals surface area contributed by atoms with Crippen molar-refractivity contribution in [3.63, 3.8) is 0 Å². The lowest BCUT2D eigenvalue weighted by molar-refractivity contribution is 0.0517. The molecule has 6 heteroatoms. The van der Waals surface area contributed by atoms with E-state index in [0.29, 0.717) is 24.7 Å². The zero-order chi connectivity index (χ0) is 15.5. The molecule has 0 bridgehead atoms. The highest BCUT2D eigenvalue weighted by Gasteiger charge is 2.32. The van der Waals surface area contributed by atoms with Crippen molar-refractivity contribution in [1.29, 1.82) is 0 Å². The standard InChI is InChI=1S/C16H20N4O2/c1-2-22-16(21)15-14-11(10-17)6-5-7-12(14)20(19-15)13-8-3-4-9-18-13/h3-4,8-9,11H,2,5-7,10,17H2,1H3. The van der Waals surface area contributed by atoms with Crippen LogP contribution in [0.3, 0.4) is 0 Å². The van der Waals surface area contributed by atoms with Crippen LogP contribution in [-0.4, -0.2) is 33.9 Å². The molecule has 0 spiro atoms. The van der Waals surface area contributed by atoms with Crippen LogP contribution in [0.2, 0.25) is 0 Å². The number of ether oxygens (including phenoxy) is 1. The van der Waals surface area contributed by atoms with E-state index in [0.717, 1.165) is 30.5 Å². The number of rotatable bonds is 4. The molecule has 1 aliphatic carbocycles. The second kappa shape index (κ2) is 6.27. The van der Waals surface area contributed by atoms with Crippen molar-refractivity contribution < 1.29 is 9.53 Å². The number of nitrogens with two attached hydrogens (primary N) is 1. The zero-order valence-electron chi connectivity index (χ0n) is 12.7. The van der Waals surface area contributed by atoms with Crippen molar-refractivity contribution in [3.8, 4) is 5.82 Å². The van der Waals surface area contributed by atoms with Gasteiger partial charge in [-0.3, -0.25) is 0 Å². The Hall–Kier alpha value is -2.21. The van der Waals surface area contributed by atoms with E-state index in [4.69, 9.17) is 10.5 Å². The predicted molar refractivity (Wildman–Crippen MR) is 82.0 cm³/mol. The van der Waals surface area contributed by atoms with Crippen LogP contribution in [0.25, 0.3) is 5.82 Å². The molecule has 0 radical (unpaired) electrons. The first-order valence-electron chi connectivity index (χ1n) is 7.66. The van der Waals surface area contributed by atoms with E-state index in [9.17, 15) is 4.79 Å². The van der Waals surface area contributed by atoms with E-state index in [1.54, 1.807) is 17.8 Å². The van der Waals surface area contributed by atoms with Gasteiger partial charge in [0.15, 0.2) is 11.5 Å². The number of carbonyl (C=O) groups excluding carboxylic acids is 1. The Bertz CT molecular complexity index is 666. The highest BCUT2D eigenvalue weighted by atomic mass is 16.5. The van der Waals surface area contributed by atoms with Crippen LogP contribution in [0.1, 0.15) is 47.4 Å². The second-order valence-corrected chi connectivity index (χ2v) is 5.35.